The van der Waals surface area contributed by atoms with E-state index in [4.69, 9.17) is 11.1 Å². The van der Waals surface area contributed by atoms with Gasteiger partial charge in [-0.05, 0) is 48.2 Å². The number of hydrogen-bond acceptors (Lipinski definition) is 3. The van der Waals surface area contributed by atoms with Gasteiger partial charge >= 0.3 is 0 Å². The first-order valence-corrected chi connectivity index (χ1v) is 8.42. The molecule has 1 saturated carbocycles. The van der Waals surface area contributed by atoms with Gasteiger partial charge in [0.25, 0.3) is 0 Å². The molecular weight excluding hydrogens is 332 g/mol. The molecule has 1 aliphatic rings. The Balaban J connectivity index is 1.79. The molecule has 5 heteroatoms. The van der Waals surface area contributed by atoms with Crippen LogP contribution in [-0.4, -0.2) is 5.71 Å². The van der Waals surface area contributed by atoms with Crippen LogP contribution in [0, 0.1) is 28.9 Å². The Bertz CT molecular complexity index is 885. The van der Waals surface area contributed by atoms with Crippen molar-refractivity contribution >= 4 is 23.2 Å². The Morgan fingerprint density at radius 2 is 1.92 bits per heavy atom. The zero-order chi connectivity index (χ0) is 18.8. The van der Waals surface area contributed by atoms with Gasteiger partial charge in [0.2, 0.25) is 0 Å². The molecule has 2 unspecified atom stereocenters. The van der Waals surface area contributed by atoms with Gasteiger partial charge in [-0.1, -0.05) is 31.7 Å². The average molecular weight is 353 g/mol. The fraction of sp³-hybridized carbons (Fsp3) is 0.190. The number of allylic oxidation sites excluding steroid dienone is 2. The predicted molar refractivity (Wildman–Crippen MR) is 103 cm³/mol. The number of nitrogens with two attached hydrogens (primary N) is 1. The summed E-state index contributed by atoms with van der Waals surface area (Å²) >= 11 is 0. The smallest absolute Gasteiger partial charge is 0.148 e. The second-order valence-electron chi connectivity index (χ2n) is 6.69. The van der Waals surface area contributed by atoms with E-state index < -0.39 is 5.82 Å². The first-order chi connectivity index (χ1) is 12.3. The summed E-state index contributed by atoms with van der Waals surface area (Å²) in [6.45, 7) is 6.10. The lowest BCUT2D eigenvalue weighted by molar-refractivity contribution is 0.627. The molecular formula is C21H21F2N3. The summed E-state index contributed by atoms with van der Waals surface area (Å²) in [4.78, 5) is 0. The summed E-state index contributed by atoms with van der Waals surface area (Å²) < 4.78 is 27.2. The van der Waals surface area contributed by atoms with Crippen molar-refractivity contribution in [3.8, 4) is 0 Å². The molecule has 3 rings (SSSR count). The van der Waals surface area contributed by atoms with Gasteiger partial charge in [0, 0.05) is 22.9 Å². The lowest BCUT2D eigenvalue weighted by Crippen LogP contribution is -2.07. The maximum Gasteiger partial charge on any atom is 0.148 e. The van der Waals surface area contributed by atoms with Crippen LogP contribution in [0.15, 0.2) is 54.8 Å². The Morgan fingerprint density at radius 3 is 2.54 bits per heavy atom. The average Bonchev–Trinajstić information content (AvgIpc) is 3.33. The highest BCUT2D eigenvalue weighted by molar-refractivity contribution is 6.12. The molecule has 0 saturated heterocycles. The highest BCUT2D eigenvalue weighted by Gasteiger charge is 2.35. The van der Waals surface area contributed by atoms with Crippen molar-refractivity contribution in [2.45, 2.75) is 13.3 Å². The molecule has 3 nitrogen and oxygen atoms in total. The van der Waals surface area contributed by atoms with Crippen molar-refractivity contribution in [1.82, 2.24) is 0 Å². The van der Waals surface area contributed by atoms with Crippen LogP contribution in [0.3, 0.4) is 0 Å². The highest BCUT2D eigenvalue weighted by Crippen LogP contribution is 2.43. The van der Waals surface area contributed by atoms with Gasteiger partial charge < -0.3 is 16.5 Å². The minimum atomic E-state index is -0.476. The van der Waals surface area contributed by atoms with Gasteiger partial charge in [-0.25, -0.2) is 8.78 Å². The number of nitrogen functional groups attached to an aromatic ring is 1. The third kappa shape index (κ3) is 3.99. The van der Waals surface area contributed by atoms with Gasteiger partial charge in [0.15, 0.2) is 0 Å². The Hall–Kier alpha value is -2.95. The van der Waals surface area contributed by atoms with Crippen molar-refractivity contribution < 1.29 is 8.78 Å². The summed E-state index contributed by atoms with van der Waals surface area (Å²) in [5, 5.41) is 11.2. The van der Waals surface area contributed by atoms with Crippen LogP contribution in [0.5, 0.6) is 0 Å². The molecule has 1 fully saturated rings. The second kappa shape index (κ2) is 7.12. The van der Waals surface area contributed by atoms with Gasteiger partial charge in [-0.2, -0.15) is 0 Å². The van der Waals surface area contributed by atoms with E-state index in [0.717, 1.165) is 17.7 Å². The lowest BCUT2D eigenvalue weighted by Gasteiger charge is -2.13. The summed E-state index contributed by atoms with van der Waals surface area (Å²) in [6, 6.07) is 8.66. The SMILES string of the molecule is C=C(Nc1cc(C(=N)/C=C/c2ccc(F)cc2)c(N)cc1F)C1CC1C. The van der Waals surface area contributed by atoms with Crippen LogP contribution < -0.4 is 11.1 Å². The van der Waals surface area contributed by atoms with Crippen molar-refractivity contribution in [3.05, 3.63) is 77.5 Å². The van der Waals surface area contributed by atoms with E-state index in [2.05, 4.69) is 18.8 Å². The van der Waals surface area contributed by atoms with E-state index in [9.17, 15) is 8.78 Å². The number of hydrogen-bond donors (Lipinski definition) is 3. The number of benzene rings is 2. The number of anilines is 2. The monoisotopic (exact) mass is 353 g/mol. The minimum Gasteiger partial charge on any atom is -0.398 e. The van der Waals surface area contributed by atoms with E-state index in [1.807, 2.05) is 0 Å². The van der Waals surface area contributed by atoms with Crippen LogP contribution in [0.1, 0.15) is 24.5 Å². The molecule has 0 aliphatic heterocycles. The third-order valence-electron chi connectivity index (χ3n) is 4.59. The highest BCUT2D eigenvalue weighted by atomic mass is 19.1. The normalized spacial score (nSPS) is 18.7. The summed E-state index contributed by atoms with van der Waals surface area (Å²) in [7, 11) is 0. The fourth-order valence-corrected chi connectivity index (χ4v) is 2.83. The molecule has 2 aromatic carbocycles. The van der Waals surface area contributed by atoms with E-state index >= 15 is 0 Å². The summed E-state index contributed by atoms with van der Waals surface area (Å²) in [6.07, 6.45) is 4.28. The number of halogens is 2. The predicted octanol–water partition coefficient (Wildman–Crippen LogP) is 5.21. The maximum absolute atomic E-state index is 14.2. The molecule has 0 heterocycles. The van der Waals surface area contributed by atoms with E-state index in [0.29, 0.717) is 17.4 Å². The molecule has 0 spiro atoms. The largest absolute Gasteiger partial charge is 0.398 e. The van der Waals surface area contributed by atoms with E-state index in [-0.39, 0.29) is 22.9 Å². The lowest BCUT2D eigenvalue weighted by atomic mass is 10.0. The van der Waals surface area contributed by atoms with Crippen LogP contribution in [0.2, 0.25) is 0 Å². The van der Waals surface area contributed by atoms with E-state index in [1.165, 1.54) is 24.3 Å². The Labute approximate surface area is 151 Å². The van der Waals surface area contributed by atoms with Gasteiger partial charge in [-0.15, -0.1) is 0 Å². The zero-order valence-corrected chi connectivity index (χ0v) is 14.5. The van der Waals surface area contributed by atoms with Crippen molar-refractivity contribution in [2.24, 2.45) is 11.8 Å². The summed E-state index contributed by atoms with van der Waals surface area (Å²) in [5.41, 5.74) is 8.43. The molecule has 0 bridgehead atoms. The Kier molecular flexibility index (Phi) is 4.89. The Morgan fingerprint density at radius 1 is 1.27 bits per heavy atom. The van der Waals surface area contributed by atoms with Crippen molar-refractivity contribution in [2.75, 3.05) is 11.1 Å². The first kappa shape index (κ1) is 17.9. The number of rotatable bonds is 6. The maximum atomic E-state index is 14.2. The quantitative estimate of drug-likeness (QED) is 0.493. The van der Waals surface area contributed by atoms with Crippen LogP contribution in [0.25, 0.3) is 6.08 Å². The van der Waals surface area contributed by atoms with Crippen LogP contribution in [-0.2, 0) is 0 Å². The van der Waals surface area contributed by atoms with E-state index in [1.54, 1.807) is 24.3 Å². The third-order valence-corrected chi connectivity index (χ3v) is 4.59. The topological polar surface area (TPSA) is 61.9 Å². The minimum absolute atomic E-state index is 0.139. The van der Waals surface area contributed by atoms with Crippen LogP contribution in [0.4, 0.5) is 20.2 Å². The molecule has 0 radical (unpaired) electrons. The molecule has 26 heavy (non-hydrogen) atoms. The first-order valence-electron chi connectivity index (χ1n) is 8.42. The van der Waals surface area contributed by atoms with Gasteiger partial charge in [0.05, 0.1) is 11.4 Å². The second-order valence-corrected chi connectivity index (χ2v) is 6.69. The molecule has 4 N–H and O–H groups in total. The van der Waals surface area contributed by atoms with Crippen molar-refractivity contribution in [3.63, 3.8) is 0 Å². The van der Waals surface area contributed by atoms with Crippen LogP contribution >= 0.6 is 0 Å². The zero-order valence-electron chi connectivity index (χ0n) is 14.5. The molecule has 1 aliphatic carbocycles. The fourth-order valence-electron chi connectivity index (χ4n) is 2.83. The molecule has 134 valence electrons. The van der Waals surface area contributed by atoms with Gasteiger partial charge in [-0.3, -0.25) is 0 Å². The standard InChI is InChI=1S/C21H21F2N3/c1-12-9-16(12)13(2)26-21-10-17(20(25)11-18(21)23)19(24)8-5-14-3-6-15(22)7-4-14/h3-8,10-12,16,24,26H,2,9,25H2,1H3/b8-5+,24-19?. The molecule has 2 aromatic rings. The molecule has 0 aromatic heterocycles. The molecule has 2 atom stereocenters. The van der Waals surface area contributed by atoms with Crippen molar-refractivity contribution in [1.29, 1.82) is 5.41 Å². The number of nitrogens with one attached hydrogen (secondary N) is 2. The molecule has 0 amide bonds. The summed E-state index contributed by atoms with van der Waals surface area (Å²) in [5.74, 6) is 0.119. The van der Waals surface area contributed by atoms with Gasteiger partial charge in [0.1, 0.15) is 11.6 Å².